The van der Waals surface area contributed by atoms with Gasteiger partial charge in [-0.25, -0.2) is 9.59 Å². The second-order valence-electron chi connectivity index (χ2n) is 5.93. The van der Waals surface area contributed by atoms with Crippen LogP contribution in [0.15, 0.2) is 18.2 Å². The Morgan fingerprint density at radius 2 is 1.65 bits per heavy atom. The molecule has 0 radical (unpaired) electrons. The summed E-state index contributed by atoms with van der Waals surface area (Å²) in [5.74, 6) is -3.22. The number of nitrogens with zero attached hydrogens (tertiary/aromatic N) is 1. The van der Waals surface area contributed by atoms with E-state index in [2.05, 4.69) is 37.9 Å². The Balaban J connectivity index is 0.000000896. The Hall–Kier alpha value is -2.61. The maximum atomic E-state index is 11.9. The van der Waals surface area contributed by atoms with Crippen molar-refractivity contribution < 1.29 is 24.6 Å². The first kappa shape index (κ1) is 23.4. The van der Waals surface area contributed by atoms with Gasteiger partial charge in [0, 0.05) is 24.3 Å². The van der Waals surface area contributed by atoms with Gasteiger partial charge in [0.1, 0.15) is 0 Å². The number of rotatable bonds is 7. The minimum absolute atomic E-state index is 0.0357. The van der Waals surface area contributed by atoms with Crippen LogP contribution in [0, 0.1) is 0 Å². The van der Waals surface area contributed by atoms with E-state index >= 15 is 0 Å². The molecule has 0 heterocycles. The van der Waals surface area contributed by atoms with Gasteiger partial charge in [-0.2, -0.15) is 0 Å². The predicted octanol–water partition coefficient (Wildman–Crippen LogP) is 2.22. The zero-order valence-corrected chi connectivity index (χ0v) is 15.8. The summed E-state index contributed by atoms with van der Waals surface area (Å²) in [6.07, 6.45) is 0.507. The van der Waals surface area contributed by atoms with Gasteiger partial charge in [0.15, 0.2) is 0 Å². The highest BCUT2D eigenvalue weighted by atomic mass is 16.4. The number of carbonyl (C=O) groups excluding carboxylic acids is 1. The number of carboxylic acid groups (broad SMARTS) is 2. The molecule has 0 aliphatic rings. The van der Waals surface area contributed by atoms with Crippen LogP contribution in [0.25, 0.3) is 0 Å². The van der Waals surface area contributed by atoms with Gasteiger partial charge in [0.25, 0.3) is 0 Å². The third-order valence-electron chi connectivity index (χ3n) is 3.73. The maximum Gasteiger partial charge on any atom is 0.414 e. The normalized spacial score (nSPS) is 10.2. The molecule has 1 amide bonds. The Bertz CT molecular complexity index is 601. The number of benzene rings is 1. The summed E-state index contributed by atoms with van der Waals surface area (Å²) in [5.41, 5.74) is 8.63. The number of anilines is 2. The highest BCUT2D eigenvalue weighted by Crippen LogP contribution is 2.24. The molecule has 0 aromatic heterocycles. The average Bonchev–Trinajstić information content (AvgIpc) is 2.56. The van der Waals surface area contributed by atoms with Crippen molar-refractivity contribution in [2.75, 3.05) is 30.7 Å². The quantitative estimate of drug-likeness (QED) is 0.429. The fourth-order valence-electron chi connectivity index (χ4n) is 2.20. The van der Waals surface area contributed by atoms with Crippen LogP contribution in [-0.2, 0) is 14.4 Å². The number of hydrogen-bond acceptors (Lipinski definition) is 5. The summed E-state index contributed by atoms with van der Waals surface area (Å²) in [5, 5.41) is 17.7. The number of carbonyl (C=O) groups is 3. The van der Waals surface area contributed by atoms with Crippen molar-refractivity contribution in [1.29, 1.82) is 0 Å². The third-order valence-corrected chi connectivity index (χ3v) is 3.73. The molecule has 1 rings (SSSR count). The number of nitrogens with one attached hydrogen (secondary N) is 1. The zero-order valence-electron chi connectivity index (χ0n) is 15.8. The van der Waals surface area contributed by atoms with E-state index in [1.165, 1.54) is 0 Å². The Kier molecular flexibility index (Phi) is 10.7. The number of amides is 1. The fourth-order valence-corrected chi connectivity index (χ4v) is 2.20. The molecule has 5 N–H and O–H groups in total. The van der Waals surface area contributed by atoms with Crippen LogP contribution in [0.2, 0.25) is 0 Å². The summed E-state index contributed by atoms with van der Waals surface area (Å²) >= 11 is 0. The summed E-state index contributed by atoms with van der Waals surface area (Å²) in [4.78, 5) is 32.3. The van der Waals surface area contributed by atoms with Gasteiger partial charge in [-0.15, -0.1) is 0 Å². The molecule has 0 aliphatic heterocycles. The first-order chi connectivity index (χ1) is 12.1. The number of hydrogen-bond donors (Lipinski definition) is 4. The van der Waals surface area contributed by atoms with Crippen LogP contribution in [0.3, 0.4) is 0 Å². The summed E-state index contributed by atoms with van der Waals surface area (Å²) in [6, 6.07) is 5.74. The second kappa shape index (κ2) is 11.9. The van der Waals surface area contributed by atoms with Gasteiger partial charge in [-0.1, -0.05) is 33.8 Å². The Labute approximate surface area is 154 Å². The van der Waals surface area contributed by atoms with E-state index < -0.39 is 11.9 Å². The highest BCUT2D eigenvalue weighted by Gasteiger charge is 2.08. The zero-order chi connectivity index (χ0) is 20.3. The molecule has 0 bridgehead atoms. The van der Waals surface area contributed by atoms with E-state index in [1.54, 1.807) is 0 Å². The lowest BCUT2D eigenvalue weighted by molar-refractivity contribution is -0.159. The van der Waals surface area contributed by atoms with E-state index in [0.29, 0.717) is 12.3 Å². The standard InChI is InChI=1S/C16H27N3O.C2H2O4/c1-5-19(6-2)10-9-16(20)18-13-7-8-14(12(3)4)15(17)11-13;3-1(4)2(5)6/h7-8,11-12H,5-6,9-10,17H2,1-4H3,(H,18,20);(H,3,4)(H,5,6). The number of aliphatic carboxylic acids is 2. The van der Waals surface area contributed by atoms with Crippen LogP contribution >= 0.6 is 0 Å². The molecular weight excluding hydrogens is 338 g/mol. The van der Waals surface area contributed by atoms with Crippen molar-refractivity contribution in [3.05, 3.63) is 23.8 Å². The van der Waals surface area contributed by atoms with E-state index in [0.717, 1.165) is 36.6 Å². The monoisotopic (exact) mass is 367 g/mol. The second-order valence-corrected chi connectivity index (χ2v) is 5.93. The summed E-state index contributed by atoms with van der Waals surface area (Å²) < 4.78 is 0. The van der Waals surface area contributed by atoms with E-state index in [9.17, 15) is 4.79 Å². The fraction of sp³-hybridized carbons (Fsp3) is 0.500. The van der Waals surface area contributed by atoms with Crippen molar-refractivity contribution in [2.45, 2.75) is 40.0 Å². The van der Waals surface area contributed by atoms with Gasteiger partial charge >= 0.3 is 11.9 Å². The average molecular weight is 367 g/mol. The molecule has 8 nitrogen and oxygen atoms in total. The van der Waals surface area contributed by atoms with Crippen molar-refractivity contribution in [1.82, 2.24) is 4.90 Å². The van der Waals surface area contributed by atoms with Crippen molar-refractivity contribution >= 4 is 29.2 Å². The smallest absolute Gasteiger partial charge is 0.414 e. The highest BCUT2D eigenvalue weighted by molar-refractivity contribution is 6.27. The van der Waals surface area contributed by atoms with E-state index in [4.69, 9.17) is 25.5 Å². The number of nitrogens with two attached hydrogens (primary N) is 1. The van der Waals surface area contributed by atoms with Crippen LogP contribution < -0.4 is 11.1 Å². The molecule has 8 heteroatoms. The minimum atomic E-state index is -1.82. The van der Waals surface area contributed by atoms with Gasteiger partial charge in [-0.05, 0) is 36.7 Å². The predicted molar refractivity (Wildman–Crippen MR) is 101 cm³/mol. The molecule has 0 aliphatic carbocycles. The molecule has 146 valence electrons. The Morgan fingerprint density at radius 1 is 1.12 bits per heavy atom. The van der Waals surface area contributed by atoms with Crippen LogP contribution in [0.5, 0.6) is 0 Å². The van der Waals surface area contributed by atoms with Gasteiger partial charge in [-0.3, -0.25) is 4.79 Å². The van der Waals surface area contributed by atoms with E-state index in [1.807, 2.05) is 18.2 Å². The van der Waals surface area contributed by atoms with E-state index in [-0.39, 0.29) is 5.91 Å². The lowest BCUT2D eigenvalue weighted by atomic mass is 10.0. The molecule has 26 heavy (non-hydrogen) atoms. The van der Waals surface area contributed by atoms with Crippen molar-refractivity contribution in [2.24, 2.45) is 0 Å². The molecule has 0 fully saturated rings. The molecule has 0 atom stereocenters. The van der Waals surface area contributed by atoms with Gasteiger partial charge in [0.2, 0.25) is 5.91 Å². The molecule has 0 unspecified atom stereocenters. The largest absolute Gasteiger partial charge is 0.473 e. The van der Waals surface area contributed by atoms with Gasteiger partial charge < -0.3 is 26.2 Å². The first-order valence-electron chi connectivity index (χ1n) is 8.50. The lowest BCUT2D eigenvalue weighted by Gasteiger charge is -2.17. The SMILES string of the molecule is CCN(CC)CCC(=O)Nc1ccc(C(C)C)c(N)c1.O=C(O)C(=O)O. The van der Waals surface area contributed by atoms with Crippen LogP contribution in [-0.4, -0.2) is 52.6 Å². The molecule has 0 saturated carbocycles. The van der Waals surface area contributed by atoms with Crippen molar-refractivity contribution in [3.63, 3.8) is 0 Å². The maximum absolute atomic E-state index is 11.9. The number of nitrogen functional groups attached to an aromatic ring is 1. The molecule has 1 aromatic carbocycles. The van der Waals surface area contributed by atoms with Crippen LogP contribution in [0.4, 0.5) is 11.4 Å². The Morgan fingerprint density at radius 3 is 2.04 bits per heavy atom. The molecular formula is C18H29N3O5. The number of carboxylic acids is 2. The van der Waals surface area contributed by atoms with Crippen molar-refractivity contribution in [3.8, 4) is 0 Å². The third kappa shape index (κ3) is 9.03. The molecule has 0 spiro atoms. The van der Waals surface area contributed by atoms with Crippen LogP contribution in [0.1, 0.15) is 45.6 Å². The lowest BCUT2D eigenvalue weighted by Crippen LogP contribution is -2.27. The van der Waals surface area contributed by atoms with Gasteiger partial charge in [0.05, 0.1) is 0 Å². The first-order valence-corrected chi connectivity index (χ1v) is 8.50. The molecule has 0 saturated heterocycles. The summed E-state index contributed by atoms with van der Waals surface area (Å²) in [6.45, 7) is 11.2. The topological polar surface area (TPSA) is 133 Å². The minimum Gasteiger partial charge on any atom is -0.473 e. The summed E-state index contributed by atoms with van der Waals surface area (Å²) in [7, 11) is 0. The molecule has 1 aromatic rings.